The van der Waals surface area contributed by atoms with E-state index in [1.54, 1.807) is 13.8 Å². The van der Waals surface area contributed by atoms with E-state index in [1.807, 2.05) is 90.4 Å². The van der Waals surface area contributed by atoms with Crippen molar-refractivity contribution in [3.8, 4) is 0 Å². The van der Waals surface area contributed by atoms with Gasteiger partial charge in [0, 0.05) is 64.2 Å². The molecule has 0 saturated carbocycles. The molecule has 2 rings (SSSR count). The Bertz CT molecular complexity index is 1500. The third-order valence-electron chi connectivity index (χ3n) is 6.90. The summed E-state index contributed by atoms with van der Waals surface area (Å²) in [5.41, 5.74) is 2.19. The highest BCUT2D eigenvalue weighted by Crippen LogP contribution is 2.37. The molecule has 2 aromatic carbocycles. The smallest absolute Gasteiger partial charge is 0.337 e. The van der Waals surface area contributed by atoms with E-state index in [0.29, 0.717) is 82.4 Å². The third-order valence-corrected chi connectivity index (χ3v) is 13.8. The number of nitrogens with one attached hydrogen (secondary N) is 4. The monoisotopic (exact) mass is 1340 g/mol. The molecular formula is C30H32I6N4O8. The number of hydrogen-bond donors (Lipinski definition) is 6. The molecular weight excluding hydrogens is 1310 g/mol. The highest BCUT2D eigenvalue weighted by atomic mass is 127. The maximum absolute atomic E-state index is 12.9. The molecule has 2 aromatic rings. The fraction of sp³-hybridized carbons (Fsp3) is 0.400. The van der Waals surface area contributed by atoms with Crippen molar-refractivity contribution in [3.05, 3.63) is 43.7 Å². The summed E-state index contributed by atoms with van der Waals surface area (Å²) in [6, 6.07) is 0. The Labute approximate surface area is 359 Å². The molecule has 0 aliphatic carbocycles. The van der Waals surface area contributed by atoms with Crippen LogP contribution in [0.1, 0.15) is 97.1 Å². The van der Waals surface area contributed by atoms with Crippen molar-refractivity contribution >= 4 is 182 Å². The second-order valence-corrected chi connectivity index (χ2v) is 16.7. The van der Waals surface area contributed by atoms with Gasteiger partial charge in [-0.1, -0.05) is 26.7 Å². The van der Waals surface area contributed by atoms with Crippen LogP contribution in [0.15, 0.2) is 0 Å². The average molecular weight is 1340 g/mol. The van der Waals surface area contributed by atoms with Gasteiger partial charge in [0.1, 0.15) is 0 Å². The number of halogens is 6. The highest BCUT2D eigenvalue weighted by molar-refractivity contribution is 14.1. The standard InChI is InChI=1S/C30H32I6N4O8/c1-3-15(41)37-11-13-21(31)19(29(45)46)25(35)27(23(13)33)39-17(43)9-7-5-6-8-10-18(44)40-28-24(34)14(12-38-16(42)4-2)22(32)20(26(28)36)30(47)48/h3-12H2,1-2H3,(H,37,41)(H,38,42)(H,39,43)(H,40,44)(H,45,46)(H,47,48). The summed E-state index contributed by atoms with van der Waals surface area (Å²) in [7, 11) is 0. The van der Waals surface area contributed by atoms with Crippen molar-refractivity contribution in [2.24, 2.45) is 0 Å². The van der Waals surface area contributed by atoms with Crippen LogP contribution in [0.4, 0.5) is 11.4 Å². The fourth-order valence-electron chi connectivity index (χ4n) is 4.29. The number of unbranched alkanes of at least 4 members (excludes halogenated alkanes) is 3. The Balaban J connectivity index is 2.00. The number of hydrogen-bond acceptors (Lipinski definition) is 6. The molecule has 0 bridgehead atoms. The van der Waals surface area contributed by atoms with Gasteiger partial charge in [-0.15, -0.1) is 0 Å². The molecule has 262 valence electrons. The van der Waals surface area contributed by atoms with Gasteiger partial charge in [-0.3, -0.25) is 19.2 Å². The average Bonchev–Trinajstić information content (AvgIpc) is 3.02. The Morgan fingerprint density at radius 1 is 0.500 bits per heavy atom. The number of aromatic carboxylic acids is 2. The molecule has 0 heterocycles. The van der Waals surface area contributed by atoms with Crippen molar-refractivity contribution in [1.82, 2.24) is 10.6 Å². The number of rotatable bonds is 17. The van der Waals surface area contributed by atoms with Gasteiger partial charge in [-0.2, -0.15) is 0 Å². The number of carbonyl (C=O) groups excluding carboxylic acids is 4. The Kier molecular flexibility index (Phi) is 19.4. The van der Waals surface area contributed by atoms with Crippen LogP contribution in [0.2, 0.25) is 0 Å². The van der Waals surface area contributed by atoms with E-state index in [4.69, 9.17) is 0 Å². The third kappa shape index (κ3) is 12.1. The largest absolute Gasteiger partial charge is 0.478 e. The molecule has 18 heteroatoms. The Morgan fingerprint density at radius 3 is 1.12 bits per heavy atom. The number of carboxylic acids is 2. The van der Waals surface area contributed by atoms with Crippen LogP contribution in [-0.2, 0) is 32.3 Å². The van der Waals surface area contributed by atoms with Crippen molar-refractivity contribution in [2.45, 2.75) is 78.3 Å². The van der Waals surface area contributed by atoms with Gasteiger partial charge in [0.25, 0.3) is 0 Å². The summed E-state index contributed by atoms with van der Waals surface area (Å²) in [6.07, 6.45) is 3.44. The van der Waals surface area contributed by atoms with E-state index in [2.05, 4.69) is 66.4 Å². The molecule has 0 saturated heterocycles. The van der Waals surface area contributed by atoms with Crippen molar-refractivity contribution in [2.75, 3.05) is 10.6 Å². The zero-order valence-corrected chi connectivity index (χ0v) is 38.6. The zero-order valence-electron chi connectivity index (χ0n) is 25.7. The maximum atomic E-state index is 12.9. The molecule has 0 spiro atoms. The number of anilines is 2. The van der Waals surface area contributed by atoms with Crippen LogP contribution in [0, 0.1) is 21.4 Å². The first-order valence-electron chi connectivity index (χ1n) is 14.5. The lowest BCUT2D eigenvalue weighted by atomic mass is 10.1. The van der Waals surface area contributed by atoms with Crippen LogP contribution >= 0.6 is 136 Å². The van der Waals surface area contributed by atoms with Crippen molar-refractivity contribution < 1.29 is 39.0 Å². The van der Waals surface area contributed by atoms with E-state index >= 15 is 0 Å². The first kappa shape index (κ1) is 43.8. The topological polar surface area (TPSA) is 191 Å². The SMILES string of the molecule is CCC(=O)NCc1c(I)c(NC(=O)CCCCCCC(=O)Nc2c(I)c(CNC(=O)CC)c(I)c(C(=O)O)c2I)c(I)c(C(=O)O)c1I. The maximum Gasteiger partial charge on any atom is 0.337 e. The molecule has 0 radical (unpaired) electrons. The number of amides is 4. The zero-order chi connectivity index (χ0) is 36.3. The molecule has 0 aliphatic rings. The van der Waals surface area contributed by atoms with Gasteiger partial charge >= 0.3 is 11.9 Å². The number of carboxylic acid groups (broad SMARTS) is 2. The summed E-state index contributed by atoms with van der Waals surface area (Å²) in [5.74, 6) is -3.14. The highest BCUT2D eigenvalue weighted by Gasteiger charge is 2.27. The van der Waals surface area contributed by atoms with E-state index in [-0.39, 0.29) is 60.7 Å². The summed E-state index contributed by atoms with van der Waals surface area (Å²) in [6.45, 7) is 3.72. The van der Waals surface area contributed by atoms with E-state index < -0.39 is 11.9 Å². The summed E-state index contributed by atoms with van der Waals surface area (Å²) >= 11 is 11.9. The predicted molar refractivity (Wildman–Crippen MR) is 232 cm³/mol. The van der Waals surface area contributed by atoms with Gasteiger partial charge in [-0.25, -0.2) is 9.59 Å². The minimum Gasteiger partial charge on any atom is -0.478 e. The molecule has 12 nitrogen and oxygen atoms in total. The second kappa shape index (κ2) is 21.2. The van der Waals surface area contributed by atoms with Crippen LogP contribution in [-0.4, -0.2) is 45.8 Å². The minimum absolute atomic E-state index is 0.0687. The van der Waals surface area contributed by atoms with Gasteiger partial charge < -0.3 is 31.5 Å². The van der Waals surface area contributed by atoms with Gasteiger partial charge in [-0.05, 0) is 148 Å². The quantitative estimate of drug-likeness (QED) is 0.0687. The first-order valence-corrected chi connectivity index (χ1v) is 21.0. The molecule has 0 atom stereocenters. The van der Waals surface area contributed by atoms with Crippen LogP contribution < -0.4 is 21.3 Å². The predicted octanol–water partition coefficient (Wildman–Crippen LogP) is 7.68. The van der Waals surface area contributed by atoms with Gasteiger partial charge in [0.15, 0.2) is 0 Å². The Hall–Kier alpha value is -0.360. The normalized spacial score (nSPS) is 10.8. The molecule has 48 heavy (non-hydrogen) atoms. The molecule has 0 fully saturated rings. The van der Waals surface area contributed by atoms with E-state index in [9.17, 15) is 39.0 Å². The number of benzene rings is 2. The second-order valence-electron chi connectivity index (χ2n) is 10.2. The lowest BCUT2D eigenvalue weighted by Gasteiger charge is -2.19. The molecule has 0 aliphatic heterocycles. The molecule has 4 amide bonds. The van der Waals surface area contributed by atoms with E-state index in [1.165, 1.54) is 0 Å². The minimum atomic E-state index is -1.13. The van der Waals surface area contributed by atoms with Crippen molar-refractivity contribution in [1.29, 1.82) is 0 Å². The summed E-state index contributed by atoms with van der Waals surface area (Å²) in [5, 5.41) is 31.0. The van der Waals surface area contributed by atoms with Crippen LogP contribution in [0.25, 0.3) is 0 Å². The fourth-order valence-corrected chi connectivity index (χ4v) is 12.8. The summed E-state index contributed by atoms with van der Waals surface area (Å²) < 4.78 is 3.14. The van der Waals surface area contributed by atoms with Crippen LogP contribution in [0.3, 0.4) is 0 Å². The molecule has 6 N–H and O–H groups in total. The van der Waals surface area contributed by atoms with Gasteiger partial charge in [0.2, 0.25) is 23.6 Å². The van der Waals surface area contributed by atoms with Crippen molar-refractivity contribution in [3.63, 3.8) is 0 Å². The van der Waals surface area contributed by atoms with Gasteiger partial charge in [0.05, 0.1) is 29.6 Å². The lowest BCUT2D eigenvalue weighted by Crippen LogP contribution is -2.25. The number of carbonyl (C=O) groups is 6. The lowest BCUT2D eigenvalue weighted by molar-refractivity contribution is -0.121. The summed E-state index contributed by atoms with van der Waals surface area (Å²) in [4.78, 5) is 73.5. The molecule has 0 aromatic heterocycles. The van der Waals surface area contributed by atoms with E-state index in [0.717, 1.165) is 0 Å². The first-order chi connectivity index (χ1) is 22.6. The molecule has 0 unspecified atom stereocenters. The van der Waals surface area contributed by atoms with Crippen LogP contribution in [0.5, 0.6) is 0 Å². The Morgan fingerprint density at radius 2 is 0.833 bits per heavy atom.